The number of hydrogen-bond acceptors (Lipinski definition) is 4. The average molecular weight is 368 g/mol. The van der Waals surface area contributed by atoms with Crippen LogP contribution in [0.3, 0.4) is 0 Å². The summed E-state index contributed by atoms with van der Waals surface area (Å²) >= 11 is 0. The van der Waals surface area contributed by atoms with Gasteiger partial charge in [0, 0.05) is 24.3 Å². The number of hydrogen-bond donors (Lipinski definition) is 1. The number of carbonyl (C=O) groups is 2. The van der Waals surface area contributed by atoms with Crippen LogP contribution in [0.5, 0.6) is 5.75 Å². The summed E-state index contributed by atoms with van der Waals surface area (Å²) in [4.78, 5) is 26.8. The highest BCUT2D eigenvalue weighted by Crippen LogP contribution is 2.21. The number of amides is 2. The van der Waals surface area contributed by atoms with Crippen LogP contribution in [-0.4, -0.2) is 49.1 Å². The number of nitrogens with one attached hydrogen (secondary N) is 1. The van der Waals surface area contributed by atoms with E-state index in [1.165, 1.54) is 0 Å². The molecule has 1 aliphatic heterocycles. The van der Waals surface area contributed by atoms with Gasteiger partial charge >= 0.3 is 0 Å². The van der Waals surface area contributed by atoms with E-state index in [-0.39, 0.29) is 17.9 Å². The minimum absolute atomic E-state index is 0.0214. The molecule has 6 heteroatoms. The molecule has 0 aliphatic carbocycles. The van der Waals surface area contributed by atoms with Crippen LogP contribution in [0.15, 0.2) is 48.5 Å². The lowest BCUT2D eigenvalue weighted by Gasteiger charge is -2.26. The Morgan fingerprint density at radius 3 is 2.37 bits per heavy atom. The van der Waals surface area contributed by atoms with E-state index in [0.717, 1.165) is 0 Å². The largest absolute Gasteiger partial charge is 0.490 e. The second-order valence-corrected chi connectivity index (χ2v) is 6.60. The Morgan fingerprint density at radius 1 is 1.04 bits per heavy atom. The number of benzene rings is 2. The van der Waals surface area contributed by atoms with Crippen LogP contribution in [0, 0.1) is 0 Å². The topological polar surface area (TPSA) is 67.9 Å². The molecule has 1 N–H and O–H groups in total. The van der Waals surface area contributed by atoms with Gasteiger partial charge in [-0.25, -0.2) is 0 Å². The van der Waals surface area contributed by atoms with E-state index in [9.17, 15) is 9.59 Å². The van der Waals surface area contributed by atoms with Crippen LogP contribution in [0.25, 0.3) is 0 Å². The van der Waals surface area contributed by atoms with E-state index in [1.54, 1.807) is 47.4 Å². The summed E-state index contributed by atoms with van der Waals surface area (Å²) in [6, 6.07) is 14.1. The van der Waals surface area contributed by atoms with E-state index in [4.69, 9.17) is 9.47 Å². The molecule has 0 aromatic heterocycles. The van der Waals surface area contributed by atoms with Crippen molar-refractivity contribution in [3.8, 4) is 5.75 Å². The van der Waals surface area contributed by atoms with Gasteiger partial charge in [-0.05, 0) is 50.2 Å². The molecule has 2 aromatic rings. The van der Waals surface area contributed by atoms with E-state index >= 15 is 0 Å². The Bertz CT molecular complexity index is 796. The van der Waals surface area contributed by atoms with Crippen molar-refractivity contribution in [2.24, 2.45) is 0 Å². The highest BCUT2D eigenvalue weighted by Gasteiger charge is 2.19. The quantitative estimate of drug-likeness (QED) is 0.880. The highest BCUT2D eigenvalue weighted by atomic mass is 16.5. The Labute approximate surface area is 159 Å². The number of morpholine rings is 1. The molecular formula is C21H24N2O4. The van der Waals surface area contributed by atoms with Gasteiger partial charge in [-0.1, -0.05) is 12.1 Å². The van der Waals surface area contributed by atoms with Gasteiger partial charge in [0.15, 0.2) is 0 Å². The maximum atomic E-state index is 12.6. The smallest absolute Gasteiger partial charge is 0.259 e. The van der Waals surface area contributed by atoms with Crippen LogP contribution >= 0.6 is 0 Å². The van der Waals surface area contributed by atoms with Crippen LogP contribution in [-0.2, 0) is 4.74 Å². The fourth-order valence-corrected chi connectivity index (χ4v) is 2.85. The van der Waals surface area contributed by atoms with Gasteiger partial charge in [0.25, 0.3) is 11.8 Å². The van der Waals surface area contributed by atoms with Gasteiger partial charge in [-0.3, -0.25) is 9.59 Å². The zero-order chi connectivity index (χ0) is 19.2. The van der Waals surface area contributed by atoms with Crippen LogP contribution in [0.2, 0.25) is 0 Å². The van der Waals surface area contributed by atoms with Crippen molar-refractivity contribution in [2.75, 3.05) is 31.6 Å². The summed E-state index contributed by atoms with van der Waals surface area (Å²) in [7, 11) is 0. The molecule has 2 aromatic carbocycles. The fourth-order valence-electron chi connectivity index (χ4n) is 2.85. The molecule has 1 heterocycles. The Morgan fingerprint density at radius 2 is 1.70 bits per heavy atom. The molecule has 0 atom stereocenters. The number of nitrogens with zero attached hydrogens (tertiary/aromatic N) is 1. The monoisotopic (exact) mass is 368 g/mol. The third-order valence-electron chi connectivity index (χ3n) is 4.18. The van der Waals surface area contributed by atoms with Crippen molar-refractivity contribution in [2.45, 2.75) is 20.0 Å². The normalized spacial score (nSPS) is 14.1. The maximum absolute atomic E-state index is 12.6. The minimum atomic E-state index is -0.251. The first-order valence-corrected chi connectivity index (χ1v) is 9.08. The third-order valence-corrected chi connectivity index (χ3v) is 4.18. The molecular weight excluding hydrogens is 344 g/mol. The summed E-state index contributed by atoms with van der Waals surface area (Å²) in [5.41, 5.74) is 1.69. The van der Waals surface area contributed by atoms with Crippen LogP contribution in [0.4, 0.5) is 5.69 Å². The minimum Gasteiger partial charge on any atom is -0.490 e. The number of carbonyl (C=O) groups excluding carboxylic acids is 2. The number of ether oxygens (including phenoxy) is 2. The van der Waals surface area contributed by atoms with E-state index < -0.39 is 0 Å². The Hall–Kier alpha value is -2.86. The molecule has 1 aliphatic rings. The lowest BCUT2D eigenvalue weighted by Crippen LogP contribution is -2.40. The number of rotatable bonds is 5. The first-order valence-electron chi connectivity index (χ1n) is 9.08. The van der Waals surface area contributed by atoms with Crippen molar-refractivity contribution in [1.29, 1.82) is 0 Å². The van der Waals surface area contributed by atoms with Crippen LogP contribution in [0.1, 0.15) is 34.6 Å². The molecule has 27 heavy (non-hydrogen) atoms. The van der Waals surface area contributed by atoms with Crippen molar-refractivity contribution >= 4 is 17.5 Å². The molecule has 0 bridgehead atoms. The van der Waals surface area contributed by atoms with Gasteiger partial charge < -0.3 is 19.7 Å². The van der Waals surface area contributed by atoms with Crippen molar-refractivity contribution in [1.82, 2.24) is 4.90 Å². The summed E-state index contributed by atoms with van der Waals surface area (Å²) in [5, 5.41) is 2.85. The lowest BCUT2D eigenvalue weighted by molar-refractivity contribution is 0.0303. The Kier molecular flexibility index (Phi) is 6.08. The SMILES string of the molecule is CC(C)Oc1ccccc1C(=O)Nc1ccc(C(=O)N2CCOCC2)cc1. The zero-order valence-electron chi connectivity index (χ0n) is 15.6. The van der Waals surface area contributed by atoms with E-state index in [2.05, 4.69) is 5.32 Å². The van der Waals surface area contributed by atoms with Gasteiger partial charge in [0.2, 0.25) is 0 Å². The summed E-state index contributed by atoms with van der Waals surface area (Å²) in [5.74, 6) is 0.273. The number of anilines is 1. The second-order valence-electron chi connectivity index (χ2n) is 6.60. The van der Waals surface area contributed by atoms with Gasteiger partial charge in [-0.15, -0.1) is 0 Å². The van der Waals surface area contributed by atoms with Crippen molar-refractivity contribution < 1.29 is 19.1 Å². The number of para-hydroxylation sites is 1. The molecule has 2 amide bonds. The molecule has 0 saturated carbocycles. The van der Waals surface area contributed by atoms with E-state index in [0.29, 0.717) is 48.9 Å². The summed E-state index contributed by atoms with van der Waals surface area (Å²) in [6.45, 7) is 6.17. The standard InChI is InChI=1S/C21H24N2O4/c1-15(2)27-19-6-4-3-5-18(19)20(24)22-17-9-7-16(8-10-17)21(25)23-11-13-26-14-12-23/h3-10,15H,11-14H2,1-2H3,(H,22,24). The fraction of sp³-hybridized carbons (Fsp3) is 0.333. The van der Waals surface area contributed by atoms with Gasteiger partial charge in [-0.2, -0.15) is 0 Å². The predicted molar refractivity (Wildman–Crippen MR) is 103 cm³/mol. The second kappa shape index (κ2) is 8.68. The highest BCUT2D eigenvalue weighted by molar-refractivity contribution is 6.06. The zero-order valence-corrected chi connectivity index (χ0v) is 15.6. The molecule has 3 rings (SSSR count). The lowest BCUT2D eigenvalue weighted by atomic mass is 10.1. The average Bonchev–Trinajstić information content (AvgIpc) is 2.68. The van der Waals surface area contributed by atoms with Crippen molar-refractivity contribution in [3.05, 3.63) is 59.7 Å². The first kappa shape index (κ1) is 18.9. The molecule has 0 unspecified atom stereocenters. The first-order chi connectivity index (χ1) is 13.0. The molecule has 1 fully saturated rings. The molecule has 0 radical (unpaired) electrons. The molecule has 0 spiro atoms. The molecule has 1 saturated heterocycles. The third kappa shape index (κ3) is 4.86. The Balaban J connectivity index is 1.68. The van der Waals surface area contributed by atoms with Crippen LogP contribution < -0.4 is 10.1 Å². The van der Waals surface area contributed by atoms with Gasteiger partial charge in [0.05, 0.1) is 24.9 Å². The predicted octanol–water partition coefficient (Wildman–Crippen LogP) is 3.20. The summed E-state index contributed by atoms with van der Waals surface area (Å²) in [6.07, 6.45) is -0.0237. The molecule has 142 valence electrons. The maximum Gasteiger partial charge on any atom is 0.259 e. The summed E-state index contributed by atoms with van der Waals surface area (Å²) < 4.78 is 11.0. The van der Waals surface area contributed by atoms with Gasteiger partial charge in [0.1, 0.15) is 5.75 Å². The van der Waals surface area contributed by atoms with Crippen molar-refractivity contribution in [3.63, 3.8) is 0 Å². The van der Waals surface area contributed by atoms with E-state index in [1.807, 2.05) is 19.9 Å². The molecule has 6 nitrogen and oxygen atoms in total.